The van der Waals surface area contributed by atoms with Gasteiger partial charge in [-0.25, -0.2) is 15.0 Å². The van der Waals surface area contributed by atoms with Crippen molar-refractivity contribution in [2.45, 2.75) is 26.3 Å². The van der Waals surface area contributed by atoms with Gasteiger partial charge in [-0.15, -0.1) is 0 Å². The van der Waals surface area contributed by atoms with E-state index >= 15 is 0 Å². The van der Waals surface area contributed by atoms with Crippen molar-refractivity contribution in [2.75, 3.05) is 11.9 Å². The number of hydrogen-bond acceptors (Lipinski definition) is 4. The van der Waals surface area contributed by atoms with Crippen LogP contribution in [0.1, 0.15) is 25.6 Å². The fourth-order valence-electron chi connectivity index (χ4n) is 1.70. The molecule has 0 aliphatic heterocycles. The second-order valence-corrected chi connectivity index (χ2v) is 4.72. The molecule has 0 spiro atoms. The largest absolute Gasteiger partial charge is 0.352 e. The van der Waals surface area contributed by atoms with Crippen LogP contribution in [-0.2, 0) is 6.54 Å². The summed E-state index contributed by atoms with van der Waals surface area (Å²) in [6.45, 7) is 5.85. The van der Waals surface area contributed by atoms with Gasteiger partial charge in [-0.1, -0.05) is 25.4 Å². The summed E-state index contributed by atoms with van der Waals surface area (Å²) in [5, 5.41) is 3.69. The van der Waals surface area contributed by atoms with Crippen molar-refractivity contribution in [1.82, 2.24) is 19.5 Å². The first-order valence-electron chi connectivity index (χ1n) is 5.89. The highest BCUT2D eigenvalue weighted by Gasteiger charge is 2.06. The summed E-state index contributed by atoms with van der Waals surface area (Å²) >= 11 is 5.72. The van der Waals surface area contributed by atoms with Gasteiger partial charge < -0.3 is 9.88 Å². The van der Waals surface area contributed by atoms with Gasteiger partial charge in [-0.2, -0.15) is 0 Å². The molecular formula is C12H16ClN5. The SMILES string of the molecule is CC(C)c1nccn1CCNc1ncc(Cl)cn1. The van der Waals surface area contributed by atoms with Crippen LogP contribution >= 0.6 is 11.6 Å². The quantitative estimate of drug-likeness (QED) is 0.903. The number of nitrogens with zero attached hydrogens (tertiary/aromatic N) is 4. The van der Waals surface area contributed by atoms with E-state index in [1.165, 1.54) is 0 Å². The topological polar surface area (TPSA) is 55.6 Å². The molecule has 0 amide bonds. The maximum atomic E-state index is 5.72. The Kier molecular flexibility index (Phi) is 4.15. The summed E-state index contributed by atoms with van der Waals surface area (Å²) in [4.78, 5) is 12.5. The fourth-order valence-corrected chi connectivity index (χ4v) is 1.80. The number of halogens is 1. The molecular weight excluding hydrogens is 250 g/mol. The third-order valence-corrected chi connectivity index (χ3v) is 2.72. The Labute approximate surface area is 111 Å². The van der Waals surface area contributed by atoms with Crippen molar-refractivity contribution in [2.24, 2.45) is 0 Å². The molecule has 0 radical (unpaired) electrons. The summed E-state index contributed by atoms with van der Waals surface area (Å²) in [6.07, 6.45) is 6.97. The molecule has 0 unspecified atom stereocenters. The van der Waals surface area contributed by atoms with E-state index in [9.17, 15) is 0 Å². The predicted octanol–water partition coefficient (Wildman–Crippen LogP) is 2.56. The standard InChI is InChI=1S/C12H16ClN5/c1-9(2)11-14-3-5-18(11)6-4-15-12-16-7-10(13)8-17-12/h3,5,7-9H,4,6H2,1-2H3,(H,15,16,17). The summed E-state index contributed by atoms with van der Waals surface area (Å²) in [5.41, 5.74) is 0. The average molecular weight is 266 g/mol. The minimum absolute atomic E-state index is 0.423. The Hall–Kier alpha value is -1.62. The number of anilines is 1. The lowest BCUT2D eigenvalue weighted by molar-refractivity contribution is 0.635. The van der Waals surface area contributed by atoms with E-state index in [-0.39, 0.29) is 0 Å². The second-order valence-electron chi connectivity index (χ2n) is 4.29. The minimum Gasteiger partial charge on any atom is -0.352 e. The van der Waals surface area contributed by atoms with Crippen molar-refractivity contribution < 1.29 is 0 Å². The van der Waals surface area contributed by atoms with Gasteiger partial charge in [0.05, 0.1) is 17.4 Å². The van der Waals surface area contributed by atoms with Gasteiger partial charge in [0.25, 0.3) is 0 Å². The monoisotopic (exact) mass is 265 g/mol. The number of rotatable bonds is 5. The highest BCUT2D eigenvalue weighted by Crippen LogP contribution is 2.11. The normalized spacial score (nSPS) is 10.9. The van der Waals surface area contributed by atoms with E-state index < -0.39 is 0 Å². The molecule has 18 heavy (non-hydrogen) atoms. The zero-order valence-electron chi connectivity index (χ0n) is 10.5. The maximum Gasteiger partial charge on any atom is 0.222 e. The Balaban J connectivity index is 1.88. The first-order valence-corrected chi connectivity index (χ1v) is 6.27. The van der Waals surface area contributed by atoms with Crippen molar-refractivity contribution in [1.29, 1.82) is 0 Å². The third kappa shape index (κ3) is 3.20. The molecule has 96 valence electrons. The minimum atomic E-state index is 0.423. The zero-order chi connectivity index (χ0) is 13.0. The predicted molar refractivity (Wildman–Crippen MR) is 71.8 cm³/mol. The molecule has 0 aliphatic rings. The van der Waals surface area contributed by atoms with Crippen LogP contribution in [0, 0.1) is 0 Å². The van der Waals surface area contributed by atoms with E-state index in [1.54, 1.807) is 12.4 Å². The summed E-state index contributed by atoms with van der Waals surface area (Å²) < 4.78 is 2.13. The van der Waals surface area contributed by atoms with Crippen LogP contribution in [0.5, 0.6) is 0 Å². The van der Waals surface area contributed by atoms with Crippen LogP contribution in [0.4, 0.5) is 5.95 Å². The van der Waals surface area contributed by atoms with Crippen molar-refractivity contribution >= 4 is 17.5 Å². The molecule has 0 bridgehead atoms. The summed E-state index contributed by atoms with van der Waals surface area (Å²) in [6, 6.07) is 0. The molecule has 0 aliphatic carbocycles. The van der Waals surface area contributed by atoms with Crippen molar-refractivity contribution in [3.05, 3.63) is 35.6 Å². The molecule has 2 aromatic rings. The van der Waals surface area contributed by atoms with Gasteiger partial charge >= 0.3 is 0 Å². The van der Waals surface area contributed by atoms with E-state index in [4.69, 9.17) is 11.6 Å². The third-order valence-electron chi connectivity index (χ3n) is 2.52. The van der Waals surface area contributed by atoms with Crippen LogP contribution in [0.2, 0.25) is 5.02 Å². The van der Waals surface area contributed by atoms with Gasteiger partial charge in [-0.3, -0.25) is 0 Å². The molecule has 0 aromatic carbocycles. The smallest absolute Gasteiger partial charge is 0.222 e. The van der Waals surface area contributed by atoms with Crippen LogP contribution in [0.25, 0.3) is 0 Å². The lowest BCUT2D eigenvalue weighted by Gasteiger charge is -2.10. The van der Waals surface area contributed by atoms with Gasteiger partial charge in [0.15, 0.2) is 0 Å². The highest BCUT2D eigenvalue weighted by molar-refractivity contribution is 6.30. The van der Waals surface area contributed by atoms with E-state index in [0.29, 0.717) is 16.9 Å². The Bertz CT molecular complexity index is 491. The Morgan fingerprint density at radius 2 is 2.00 bits per heavy atom. The molecule has 0 atom stereocenters. The van der Waals surface area contributed by atoms with E-state index in [1.807, 2.05) is 12.4 Å². The summed E-state index contributed by atoms with van der Waals surface area (Å²) in [5.74, 6) is 2.10. The van der Waals surface area contributed by atoms with Gasteiger partial charge in [0.1, 0.15) is 5.82 Å². The number of aromatic nitrogens is 4. The molecule has 0 saturated heterocycles. The van der Waals surface area contributed by atoms with Gasteiger partial charge in [0.2, 0.25) is 5.95 Å². The highest BCUT2D eigenvalue weighted by atomic mass is 35.5. The molecule has 0 fully saturated rings. The maximum absolute atomic E-state index is 5.72. The van der Waals surface area contributed by atoms with Crippen molar-refractivity contribution in [3.63, 3.8) is 0 Å². The second kappa shape index (κ2) is 5.82. The molecule has 5 nitrogen and oxygen atoms in total. The first kappa shape index (κ1) is 12.8. The van der Waals surface area contributed by atoms with Crippen LogP contribution in [0.3, 0.4) is 0 Å². The van der Waals surface area contributed by atoms with Gasteiger partial charge in [0, 0.05) is 31.4 Å². The zero-order valence-corrected chi connectivity index (χ0v) is 11.2. The van der Waals surface area contributed by atoms with Crippen LogP contribution in [-0.4, -0.2) is 26.1 Å². The van der Waals surface area contributed by atoms with Crippen molar-refractivity contribution in [3.8, 4) is 0 Å². The lowest BCUT2D eigenvalue weighted by atomic mass is 10.2. The molecule has 1 N–H and O–H groups in total. The fraction of sp³-hybridized carbons (Fsp3) is 0.417. The van der Waals surface area contributed by atoms with E-state index in [2.05, 4.69) is 38.7 Å². The van der Waals surface area contributed by atoms with E-state index in [0.717, 1.165) is 18.9 Å². The van der Waals surface area contributed by atoms with Crippen LogP contribution < -0.4 is 5.32 Å². The average Bonchev–Trinajstić information content (AvgIpc) is 2.80. The lowest BCUT2D eigenvalue weighted by Crippen LogP contribution is -2.14. The molecule has 2 rings (SSSR count). The molecule has 6 heteroatoms. The summed E-state index contributed by atoms with van der Waals surface area (Å²) in [7, 11) is 0. The number of nitrogens with one attached hydrogen (secondary N) is 1. The van der Waals surface area contributed by atoms with Gasteiger partial charge in [-0.05, 0) is 0 Å². The van der Waals surface area contributed by atoms with Crippen LogP contribution in [0.15, 0.2) is 24.8 Å². The number of hydrogen-bond donors (Lipinski definition) is 1. The molecule has 0 saturated carbocycles. The molecule has 2 heterocycles. The Morgan fingerprint density at radius 3 is 2.67 bits per heavy atom. The molecule has 2 aromatic heterocycles. The number of imidazole rings is 1. The Morgan fingerprint density at radius 1 is 1.28 bits per heavy atom. The first-order chi connectivity index (χ1) is 8.66.